The van der Waals surface area contributed by atoms with Gasteiger partial charge < -0.3 is 14.7 Å². The highest BCUT2D eigenvalue weighted by molar-refractivity contribution is 5.95. The lowest BCUT2D eigenvalue weighted by Gasteiger charge is -2.37. The Hall–Kier alpha value is -2.56. The van der Waals surface area contributed by atoms with Crippen LogP contribution in [-0.2, 0) is 0 Å². The molecule has 5 heteroatoms. The highest BCUT2D eigenvalue weighted by Crippen LogP contribution is 2.26. The predicted octanol–water partition coefficient (Wildman–Crippen LogP) is 3.81. The molecule has 1 aromatic heterocycles. The standard InChI is InChI=1S/C23H30N4O/c1-2-20-8-6-7-13-27(20)22-18-19(11-12-24-22)23(28)26-16-14-25(15-17-26)21-9-4-3-5-10-21/h3-5,9-12,18,20H,2,6-8,13-17H2,1H3. The molecule has 0 bridgehead atoms. The van der Waals surface area contributed by atoms with E-state index in [1.165, 1.54) is 24.9 Å². The minimum absolute atomic E-state index is 0.126. The second kappa shape index (κ2) is 8.63. The third-order valence-electron chi connectivity index (χ3n) is 6.07. The minimum Gasteiger partial charge on any atom is -0.368 e. The maximum atomic E-state index is 13.1. The average molecular weight is 379 g/mol. The van der Waals surface area contributed by atoms with Crippen molar-refractivity contribution in [1.82, 2.24) is 9.88 Å². The molecule has 1 amide bonds. The van der Waals surface area contributed by atoms with Gasteiger partial charge in [0.2, 0.25) is 0 Å². The molecule has 1 unspecified atom stereocenters. The highest BCUT2D eigenvalue weighted by Gasteiger charge is 2.25. The summed E-state index contributed by atoms with van der Waals surface area (Å²) in [6.07, 6.45) is 6.64. The van der Waals surface area contributed by atoms with E-state index in [-0.39, 0.29) is 5.91 Å². The zero-order valence-corrected chi connectivity index (χ0v) is 16.8. The van der Waals surface area contributed by atoms with Crippen LogP contribution >= 0.6 is 0 Å². The van der Waals surface area contributed by atoms with Gasteiger partial charge in [-0.2, -0.15) is 0 Å². The molecule has 2 aliphatic rings. The van der Waals surface area contributed by atoms with Crippen molar-refractivity contribution in [3.05, 3.63) is 54.2 Å². The van der Waals surface area contributed by atoms with Gasteiger partial charge in [-0.25, -0.2) is 4.98 Å². The van der Waals surface area contributed by atoms with Gasteiger partial charge in [-0.05, 0) is 49.9 Å². The van der Waals surface area contributed by atoms with E-state index in [0.29, 0.717) is 6.04 Å². The van der Waals surface area contributed by atoms with Crippen LogP contribution in [0.2, 0.25) is 0 Å². The first-order valence-corrected chi connectivity index (χ1v) is 10.6. The van der Waals surface area contributed by atoms with Crippen molar-refractivity contribution >= 4 is 17.4 Å². The molecule has 1 atom stereocenters. The number of carbonyl (C=O) groups excluding carboxylic acids is 1. The van der Waals surface area contributed by atoms with Gasteiger partial charge in [0, 0.05) is 56.2 Å². The number of anilines is 2. The Balaban J connectivity index is 1.43. The molecule has 2 fully saturated rings. The van der Waals surface area contributed by atoms with Gasteiger partial charge in [0.05, 0.1) is 0 Å². The van der Waals surface area contributed by atoms with Crippen LogP contribution in [-0.4, -0.2) is 54.6 Å². The van der Waals surface area contributed by atoms with Crippen molar-refractivity contribution in [1.29, 1.82) is 0 Å². The summed E-state index contributed by atoms with van der Waals surface area (Å²) in [5, 5.41) is 0. The van der Waals surface area contributed by atoms with Crippen LogP contribution in [0.5, 0.6) is 0 Å². The zero-order valence-electron chi connectivity index (χ0n) is 16.8. The molecule has 4 rings (SSSR count). The number of para-hydroxylation sites is 1. The van der Waals surface area contributed by atoms with Crippen molar-refractivity contribution in [2.24, 2.45) is 0 Å². The Labute approximate surface area is 168 Å². The summed E-state index contributed by atoms with van der Waals surface area (Å²) in [5.41, 5.74) is 2.00. The minimum atomic E-state index is 0.126. The number of piperazine rings is 1. The van der Waals surface area contributed by atoms with Crippen molar-refractivity contribution in [3.8, 4) is 0 Å². The molecule has 0 aliphatic carbocycles. The van der Waals surface area contributed by atoms with Crippen LogP contribution in [0.1, 0.15) is 43.0 Å². The van der Waals surface area contributed by atoms with Crippen molar-refractivity contribution in [3.63, 3.8) is 0 Å². The third kappa shape index (κ3) is 3.98. The molecular formula is C23H30N4O. The number of pyridine rings is 1. The Morgan fingerprint density at radius 1 is 1.04 bits per heavy atom. The highest BCUT2D eigenvalue weighted by atomic mass is 16.2. The largest absolute Gasteiger partial charge is 0.368 e. The fraction of sp³-hybridized carbons (Fsp3) is 0.478. The molecule has 2 aliphatic heterocycles. The summed E-state index contributed by atoms with van der Waals surface area (Å²) < 4.78 is 0. The number of aromatic nitrogens is 1. The van der Waals surface area contributed by atoms with E-state index in [0.717, 1.165) is 50.5 Å². The fourth-order valence-electron chi connectivity index (χ4n) is 4.42. The lowest BCUT2D eigenvalue weighted by atomic mass is 10.00. The van der Waals surface area contributed by atoms with Gasteiger partial charge in [-0.3, -0.25) is 4.79 Å². The van der Waals surface area contributed by atoms with Crippen LogP contribution < -0.4 is 9.80 Å². The van der Waals surface area contributed by atoms with Crippen LogP contribution in [0, 0.1) is 0 Å². The molecular weight excluding hydrogens is 348 g/mol. The lowest BCUT2D eigenvalue weighted by molar-refractivity contribution is 0.0746. The molecule has 3 heterocycles. The zero-order chi connectivity index (χ0) is 19.3. The van der Waals surface area contributed by atoms with E-state index < -0.39 is 0 Å². The van der Waals surface area contributed by atoms with Crippen LogP contribution in [0.3, 0.4) is 0 Å². The number of carbonyl (C=O) groups is 1. The second-order valence-corrected chi connectivity index (χ2v) is 7.77. The number of piperidine rings is 1. The summed E-state index contributed by atoms with van der Waals surface area (Å²) in [4.78, 5) is 24.4. The third-order valence-corrected chi connectivity index (χ3v) is 6.07. The van der Waals surface area contributed by atoms with Crippen molar-refractivity contribution in [2.45, 2.75) is 38.6 Å². The van der Waals surface area contributed by atoms with Gasteiger partial charge in [0.1, 0.15) is 5.82 Å². The smallest absolute Gasteiger partial charge is 0.254 e. The van der Waals surface area contributed by atoms with E-state index in [1.54, 1.807) is 6.20 Å². The molecule has 0 spiro atoms. The molecule has 5 nitrogen and oxygen atoms in total. The van der Waals surface area contributed by atoms with Gasteiger partial charge in [0.15, 0.2) is 0 Å². The first-order valence-electron chi connectivity index (χ1n) is 10.6. The number of hydrogen-bond acceptors (Lipinski definition) is 4. The number of rotatable bonds is 4. The first kappa shape index (κ1) is 18.8. The predicted molar refractivity (Wildman–Crippen MR) is 114 cm³/mol. The normalized spacial score (nSPS) is 20.3. The molecule has 28 heavy (non-hydrogen) atoms. The van der Waals surface area contributed by atoms with E-state index in [2.05, 4.69) is 46.0 Å². The SMILES string of the molecule is CCC1CCCCN1c1cc(C(=O)N2CCN(c3ccccc3)CC2)ccn1. The van der Waals surface area contributed by atoms with Crippen LogP contribution in [0.15, 0.2) is 48.7 Å². The van der Waals surface area contributed by atoms with E-state index in [9.17, 15) is 4.79 Å². The summed E-state index contributed by atoms with van der Waals surface area (Å²) in [7, 11) is 0. The van der Waals surface area contributed by atoms with Crippen molar-refractivity contribution in [2.75, 3.05) is 42.5 Å². The number of hydrogen-bond donors (Lipinski definition) is 0. The summed E-state index contributed by atoms with van der Waals surface area (Å²) in [6.45, 7) is 6.54. The Kier molecular flexibility index (Phi) is 5.79. The number of benzene rings is 1. The average Bonchev–Trinajstić information content (AvgIpc) is 2.79. The second-order valence-electron chi connectivity index (χ2n) is 7.77. The number of nitrogens with zero attached hydrogens (tertiary/aromatic N) is 4. The molecule has 0 radical (unpaired) electrons. The Bertz CT molecular complexity index is 786. The molecule has 0 saturated carbocycles. The summed E-state index contributed by atoms with van der Waals surface area (Å²) >= 11 is 0. The van der Waals surface area contributed by atoms with Gasteiger partial charge in [0.25, 0.3) is 5.91 Å². The Morgan fingerprint density at radius 3 is 2.57 bits per heavy atom. The molecule has 2 saturated heterocycles. The molecule has 2 aromatic rings. The lowest BCUT2D eigenvalue weighted by Crippen LogP contribution is -2.48. The maximum Gasteiger partial charge on any atom is 0.254 e. The number of amides is 1. The van der Waals surface area contributed by atoms with Gasteiger partial charge in [-0.15, -0.1) is 0 Å². The first-order chi connectivity index (χ1) is 13.8. The maximum absolute atomic E-state index is 13.1. The van der Waals surface area contributed by atoms with Crippen molar-refractivity contribution < 1.29 is 4.79 Å². The van der Waals surface area contributed by atoms with Crippen LogP contribution in [0.25, 0.3) is 0 Å². The molecule has 1 aromatic carbocycles. The quantitative estimate of drug-likeness (QED) is 0.811. The van der Waals surface area contributed by atoms with Crippen LogP contribution in [0.4, 0.5) is 11.5 Å². The van der Waals surface area contributed by atoms with Gasteiger partial charge in [-0.1, -0.05) is 25.1 Å². The Morgan fingerprint density at radius 2 is 1.82 bits per heavy atom. The molecule has 148 valence electrons. The monoisotopic (exact) mass is 378 g/mol. The topological polar surface area (TPSA) is 39.7 Å². The van der Waals surface area contributed by atoms with Gasteiger partial charge >= 0.3 is 0 Å². The van der Waals surface area contributed by atoms with E-state index >= 15 is 0 Å². The van der Waals surface area contributed by atoms with E-state index in [4.69, 9.17) is 0 Å². The summed E-state index contributed by atoms with van der Waals surface area (Å²) in [6, 6.07) is 14.8. The fourth-order valence-corrected chi connectivity index (χ4v) is 4.42. The van der Waals surface area contributed by atoms with E-state index in [1.807, 2.05) is 23.1 Å². The molecule has 0 N–H and O–H groups in total. The summed E-state index contributed by atoms with van der Waals surface area (Å²) in [5.74, 6) is 1.08.